The fourth-order valence-corrected chi connectivity index (χ4v) is 3.67. The molecule has 0 saturated heterocycles. The van der Waals surface area contributed by atoms with Gasteiger partial charge in [-0.2, -0.15) is 0 Å². The summed E-state index contributed by atoms with van der Waals surface area (Å²) >= 11 is 0. The smallest absolute Gasteiger partial charge is 0.407 e. The van der Waals surface area contributed by atoms with Gasteiger partial charge in [-0.05, 0) is 64.2 Å². The summed E-state index contributed by atoms with van der Waals surface area (Å²) in [6.45, 7) is 11.1. The van der Waals surface area contributed by atoms with Crippen LogP contribution in [0.3, 0.4) is 0 Å². The number of alkyl carbamates (subject to hydrolysis) is 1. The van der Waals surface area contributed by atoms with Crippen molar-refractivity contribution in [3.05, 3.63) is 0 Å². The minimum atomic E-state index is -0.421. The molecule has 0 spiro atoms. The Balaban J connectivity index is 1.69. The van der Waals surface area contributed by atoms with Crippen molar-refractivity contribution in [1.82, 2.24) is 10.6 Å². The molecule has 0 aromatic rings. The van der Waals surface area contributed by atoms with Crippen LogP contribution in [0.25, 0.3) is 0 Å². The van der Waals surface area contributed by atoms with E-state index in [1.807, 2.05) is 20.8 Å². The molecule has 0 bridgehead atoms. The third kappa shape index (κ3) is 5.15. The highest BCUT2D eigenvalue weighted by molar-refractivity contribution is 5.67. The first-order chi connectivity index (χ1) is 10.2. The first-order valence-corrected chi connectivity index (χ1v) is 8.97. The van der Waals surface area contributed by atoms with E-state index < -0.39 is 5.60 Å². The minimum absolute atomic E-state index is 0.290. The quantitative estimate of drug-likeness (QED) is 0.814. The molecule has 2 rings (SSSR count). The van der Waals surface area contributed by atoms with Gasteiger partial charge in [0.25, 0.3) is 0 Å². The van der Waals surface area contributed by atoms with E-state index in [1.54, 1.807) is 0 Å². The third-order valence-electron chi connectivity index (χ3n) is 5.13. The van der Waals surface area contributed by atoms with Gasteiger partial charge in [0.1, 0.15) is 5.60 Å². The second kappa shape index (κ2) is 7.20. The first kappa shape index (κ1) is 17.6. The lowest BCUT2D eigenvalue weighted by Gasteiger charge is -2.41. The zero-order chi connectivity index (χ0) is 16.3. The summed E-state index contributed by atoms with van der Waals surface area (Å²) in [5.41, 5.74) is -0.421. The van der Waals surface area contributed by atoms with Crippen molar-refractivity contribution >= 4 is 6.09 Å². The van der Waals surface area contributed by atoms with E-state index >= 15 is 0 Å². The summed E-state index contributed by atoms with van der Waals surface area (Å²) in [6.07, 6.45) is 6.05. The lowest BCUT2D eigenvalue weighted by atomic mass is 9.73. The minimum Gasteiger partial charge on any atom is -0.444 e. The molecule has 2 saturated carbocycles. The lowest BCUT2D eigenvalue weighted by molar-refractivity contribution is 0.0515. The van der Waals surface area contributed by atoms with Gasteiger partial charge < -0.3 is 15.4 Å². The Morgan fingerprint density at radius 3 is 2.50 bits per heavy atom. The summed E-state index contributed by atoms with van der Waals surface area (Å²) in [4.78, 5) is 11.8. The Kier molecular flexibility index (Phi) is 5.76. The Labute approximate surface area is 135 Å². The second-order valence-electron chi connectivity index (χ2n) is 8.52. The van der Waals surface area contributed by atoms with Gasteiger partial charge in [0, 0.05) is 18.6 Å². The highest BCUT2D eigenvalue weighted by atomic mass is 16.6. The van der Waals surface area contributed by atoms with Crippen LogP contribution in [0.2, 0.25) is 0 Å². The molecule has 0 aliphatic heterocycles. The molecule has 4 nitrogen and oxygen atoms in total. The molecule has 1 amide bonds. The van der Waals surface area contributed by atoms with E-state index in [1.165, 1.54) is 32.1 Å². The molecule has 22 heavy (non-hydrogen) atoms. The van der Waals surface area contributed by atoms with Crippen LogP contribution in [0.1, 0.15) is 66.7 Å². The molecule has 2 aliphatic carbocycles. The lowest BCUT2D eigenvalue weighted by Crippen LogP contribution is -2.50. The van der Waals surface area contributed by atoms with Crippen LogP contribution in [0.15, 0.2) is 0 Å². The Morgan fingerprint density at radius 1 is 1.23 bits per heavy atom. The molecule has 128 valence electrons. The second-order valence-corrected chi connectivity index (χ2v) is 8.52. The van der Waals surface area contributed by atoms with Gasteiger partial charge in [-0.15, -0.1) is 0 Å². The number of carbonyl (C=O) groups is 1. The standard InChI is InChI=1S/C18H34N2O2/c1-12(2)14-9-15(10-14)20-16-8-6-7-13(16)11-19-17(21)22-18(3,4)5/h12-16,20H,6-11H2,1-5H3,(H,19,21). The molecule has 2 N–H and O–H groups in total. The zero-order valence-corrected chi connectivity index (χ0v) is 14.9. The number of ether oxygens (including phenoxy) is 1. The summed E-state index contributed by atoms with van der Waals surface area (Å²) < 4.78 is 5.32. The average Bonchev–Trinajstić information content (AvgIpc) is 2.75. The monoisotopic (exact) mass is 310 g/mol. The Morgan fingerprint density at radius 2 is 1.91 bits per heavy atom. The fourth-order valence-electron chi connectivity index (χ4n) is 3.67. The van der Waals surface area contributed by atoms with Gasteiger partial charge in [-0.25, -0.2) is 4.79 Å². The molecule has 0 aromatic heterocycles. The molecule has 0 radical (unpaired) electrons. The van der Waals surface area contributed by atoms with E-state index in [0.29, 0.717) is 18.0 Å². The van der Waals surface area contributed by atoms with Gasteiger partial charge in [-0.1, -0.05) is 20.3 Å². The SMILES string of the molecule is CC(C)C1CC(NC2CCCC2CNC(=O)OC(C)(C)C)C1. The average molecular weight is 310 g/mol. The first-order valence-electron chi connectivity index (χ1n) is 8.97. The van der Waals surface area contributed by atoms with E-state index in [2.05, 4.69) is 24.5 Å². The van der Waals surface area contributed by atoms with Crippen LogP contribution >= 0.6 is 0 Å². The predicted molar refractivity (Wildman–Crippen MR) is 89.9 cm³/mol. The summed E-state index contributed by atoms with van der Waals surface area (Å²) in [5.74, 6) is 2.26. The van der Waals surface area contributed by atoms with Crippen LogP contribution in [0.5, 0.6) is 0 Å². The van der Waals surface area contributed by atoms with E-state index in [0.717, 1.165) is 18.4 Å². The Bertz CT molecular complexity index is 370. The molecule has 2 unspecified atom stereocenters. The van der Waals surface area contributed by atoms with Crippen LogP contribution < -0.4 is 10.6 Å². The summed E-state index contributed by atoms with van der Waals surface area (Å²) in [5, 5.41) is 6.78. The van der Waals surface area contributed by atoms with Gasteiger partial charge in [0.15, 0.2) is 0 Å². The van der Waals surface area contributed by atoms with Crippen LogP contribution in [-0.4, -0.2) is 30.3 Å². The number of hydrogen-bond donors (Lipinski definition) is 2. The Hall–Kier alpha value is -0.770. The highest BCUT2D eigenvalue weighted by Crippen LogP contribution is 2.35. The summed E-state index contributed by atoms with van der Waals surface area (Å²) in [7, 11) is 0. The molecule has 2 atom stereocenters. The van der Waals surface area contributed by atoms with Crippen molar-refractivity contribution in [2.45, 2.75) is 84.4 Å². The fraction of sp³-hybridized carbons (Fsp3) is 0.944. The number of amides is 1. The molecular formula is C18H34N2O2. The zero-order valence-electron chi connectivity index (χ0n) is 14.9. The van der Waals surface area contributed by atoms with Crippen molar-refractivity contribution in [3.63, 3.8) is 0 Å². The predicted octanol–water partition coefficient (Wildman–Crippen LogP) is 3.70. The van der Waals surface area contributed by atoms with Crippen molar-refractivity contribution in [2.75, 3.05) is 6.54 Å². The third-order valence-corrected chi connectivity index (χ3v) is 5.13. The maximum atomic E-state index is 11.8. The molecule has 2 aliphatic rings. The number of hydrogen-bond acceptors (Lipinski definition) is 3. The topological polar surface area (TPSA) is 50.4 Å². The number of rotatable bonds is 5. The molecule has 0 aromatic carbocycles. The maximum Gasteiger partial charge on any atom is 0.407 e. The van der Waals surface area contributed by atoms with Crippen LogP contribution in [-0.2, 0) is 4.74 Å². The van der Waals surface area contributed by atoms with Crippen LogP contribution in [0.4, 0.5) is 4.79 Å². The molecule has 0 heterocycles. The van der Waals surface area contributed by atoms with Crippen LogP contribution in [0, 0.1) is 17.8 Å². The number of nitrogens with one attached hydrogen (secondary N) is 2. The maximum absolute atomic E-state index is 11.8. The molecular weight excluding hydrogens is 276 g/mol. The van der Waals surface area contributed by atoms with Crippen molar-refractivity contribution in [2.24, 2.45) is 17.8 Å². The number of carbonyl (C=O) groups excluding carboxylic acids is 1. The highest BCUT2D eigenvalue weighted by Gasteiger charge is 2.35. The van der Waals surface area contributed by atoms with E-state index in [-0.39, 0.29) is 6.09 Å². The van der Waals surface area contributed by atoms with Gasteiger partial charge in [-0.3, -0.25) is 0 Å². The molecule has 4 heteroatoms. The van der Waals surface area contributed by atoms with Gasteiger partial charge in [0.05, 0.1) is 0 Å². The summed E-state index contributed by atoms with van der Waals surface area (Å²) in [6, 6.07) is 1.26. The van der Waals surface area contributed by atoms with Gasteiger partial charge in [0.2, 0.25) is 0 Å². The molecule has 2 fully saturated rings. The van der Waals surface area contributed by atoms with Crippen molar-refractivity contribution < 1.29 is 9.53 Å². The van der Waals surface area contributed by atoms with Crippen molar-refractivity contribution in [3.8, 4) is 0 Å². The van der Waals surface area contributed by atoms with E-state index in [9.17, 15) is 4.79 Å². The van der Waals surface area contributed by atoms with Gasteiger partial charge >= 0.3 is 6.09 Å². The van der Waals surface area contributed by atoms with Crippen molar-refractivity contribution in [1.29, 1.82) is 0 Å². The van der Waals surface area contributed by atoms with E-state index in [4.69, 9.17) is 4.74 Å². The largest absolute Gasteiger partial charge is 0.444 e. The normalized spacial score (nSPS) is 31.9.